The summed E-state index contributed by atoms with van der Waals surface area (Å²) in [6.45, 7) is -0.880. The van der Waals surface area contributed by atoms with E-state index in [0.29, 0.717) is 0 Å². The van der Waals surface area contributed by atoms with Crippen molar-refractivity contribution >= 4 is 22.0 Å². The van der Waals surface area contributed by atoms with Crippen molar-refractivity contribution < 1.29 is 33.0 Å². The van der Waals surface area contributed by atoms with Gasteiger partial charge in [-0.2, -0.15) is 4.72 Å². The molecule has 0 bridgehead atoms. The molecule has 0 saturated heterocycles. The van der Waals surface area contributed by atoms with Gasteiger partial charge in [0.1, 0.15) is 6.04 Å². The second kappa shape index (κ2) is 6.46. The van der Waals surface area contributed by atoms with Crippen LogP contribution in [0.1, 0.15) is 10.4 Å². The summed E-state index contributed by atoms with van der Waals surface area (Å²) in [5.41, 5.74) is 0.156. The number of rotatable bonds is 6. The lowest BCUT2D eigenvalue weighted by atomic mass is 10.2. The maximum Gasteiger partial charge on any atom is 0.337 e. The number of hydrogen-bond acceptors (Lipinski definition) is 6. The van der Waals surface area contributed by atoms with E-state index in [-0.39, 0.29) is 10.5 Å². The molecule has 0 radical (unpaired) electrons. The van der Waals surface area contributed by atoms with Crippen molar-refractivity contribution in [2.45, 2.75) is 10.9 Å². The fourth-order valence-electron chi connectivity index (χ4n) is 1.31. The molecule has 20 heavy (non-hydrogen) atoms. The van der Waals surface area contributed by atoms with Crippen molar-refractivity contribution in [3.8, 4) is 0 Å². The van der Waals surface area contributed by atoms with E-state index in [1.807, 2.05) is 4.72 Å². The van der Waals surface area contributed by atoms with E-state index in [0.717, 1.165) is 12.1 Å². The predicted molar refractivity (Wildman–Crippen MR) is 66.6 cm³/mol. The molecule has 0 amide bonds. The lowest BCUT2D eigenvalue weighted by Crippen LogP contribution is -2.43. The average Bonchev–Trinajstić information content (AvgIpc) is 2.43. The quantitative estimate of drug-likeness (QED) is 0.586. The molecule has 9 heteroatoms. The fraction of sp³-hybridized carbons (Fsp3) is 0.273. The highest BCUT2D eigenvalue weighted by Gasteiger charge is 2.24. The predicted octanol–water partition coefficient (Wildman–Crippen LogP) is -0.803. The van der Waals surface area contributed by atoms with E-state index in [1.165, 1.54) is 19.2 Å². The number of aliphatic hydroxyl groups excluding tert-OH is 1. The summed E-state index contributed by atoms with van der Waals surface area (Å²) in [4.78, 5) is 21.6. The van der Waals surface area contributed by atoms with Gasteiger partial charge in [0.15, 0.2) is 0 Å². The van der Waals surface area contributed by atoms with Crippen molar-refractivity contribution in [1.82, 2.24) is 4.72 Å². The van der Waals surface area contributed by atoms with Crippen LogP contribution in [0, 0.1) is 0 Å². The Hall–Kier alpha value is -1.97. The molecule has 0 aliphatic heterocycles. The van der Waals surface area contributed by atoms with Gasteiger partial charge >= 0.3 is 11.9 Å². The van der Waals surface area contributed by atoms with Crippen molar-refractivity contribution in [1.29, 1.82) is 0 Å². The van der Waals surface area contributed by atoms with E-state index in [9.17, 15) is 18.0 Å². The zero-order valence-electron chi connectivity index (χ0n) is 10.4. The van der Waals surface area contributed by atoms with Gasteiger partial charge in [-0.05, 0) is 24.3 Å². The second-order valence-corrected chi connectivity index (χ2v) is 5.42. The minimum atomic E-state index is -4.11. The van der Waals surface area contributed by atoms with Gasteiger partial charge in [0, 0.05) is 0 Å². The zero-order chi connectivity index (χ0) is 15.3. The summed E-state index contributed by atoms with van der Waals surface area (Å²) in [7, 11) is -2.92. The normalized spacial score (nSPS) is 12.7. The Kier molecular flexibility index (Phi) is 5.19. The van der Waals surface area contributed by atoms with E-state index in [2.05, 4.69) is 4.74 Å². The highest BCUT2D eigenvalue weighted by Crippen LogP contribution is 2.11. The Labute approximate surface area is 115 Å². The molecule has 3 N–H and O–H groups in total. The molecule has 1 aromatic carbocycles. The number of carbonyl (C=O) groups is 2. The van der Waals surface area contributed by atoms with Gasteiger partial charge in [0.05, 0.1) is 24.2 Å². The van der Waals surface area contributed by atoms with Crippen molar-refractivity contribution in [2.75, 3.05) is 13.7 Å². The van der Waals surface area contributed by atoms with Gasteiger partial charge in [-0.25, -0.2) is 13.2 Å². The topological polar surface area (TPSA) is 130 Å². The standard InChI is InChI=1S/C11H13NO7S/c1-19-11(16)7-2-4-8(5-3-7)20(17,18)12-9(6-13)10(14)15/h2-5,9,12-13H,6H2,1H3,(H,14,15)/t9-/m1/s1. The summed E-state index contributed by atoms with van der Waals surface area (Å²) >= 11 is 0. The Balaban J connectivity index is 2.98. The van der Waals surface area contributed by atoms with Crippen LogP contribution in [-0.4, -0.2) is 50.3 Å². The number of aliphatic carboxylic acids is 1. The fourth-order valence-corrected chi connectivity index (χ4v) is 2.49. The first-order chi connectivity index (χ1) is 9.31. The van der Waals surface area contributed by atoms with Crippen LogP contribution < -0.4 is 4.72 Å². The molecule has 8 nitrogen and oxygen atoms in total. The zero-order valence-corrected chi connectivity index (χ0v) is 11.3. The van der Waals surface area contributed by atoms with Crippen LogP contribution in [0.15, 0.2) is 29.2 Å². The summed E-state index contributed by atoms with van der Waals surface area (Å²) < 4.78 is 30.0. The minimum absolute atomic E-state index is 0.156. The van der Waals surface area contributed by atoms with Crippen LogP contribution in [0.25, 0.3) is 0 Å². The molecular weight excluding hydrogens is 290 g/mol. The van der Waals surface area contributed by atoms with E-state index >= 15 is 0 Å². The number of methoxy groups -OCH3 is 1. The molecule has 0 aromatic heterocycles. The molecule has 110 valence electrons. The first-order valence-corrected chi connectivity index (χ1v) is 6.84. The molecule has 1 rings (SSSR count). The maximum atomic E-state index is 11.9. The Morgan fingerprint density at radius 2 is 1.85 bits per heavy atom. The molecule has 0 spiro atoms. The number of benzene rings is 1. The van der Waals surface area contributed by atoms with E-state index in [1.54, 1.807) is 0 Å². The third-order valence-corrected chi connectivity index (χ3v) is 3.85. The van der Waals surface area contributed by atoms with Crippen LogP contribution in [0.2, 0.25) is 0 Å². The molecule has 1 atom stereocenters. The number of hydrogen-bond donors (Lipinski definition) is 3. The summed E-state index contributed by atoms with van der Waals surface area (Å²) in [5, 5.41) is 17.5. The van der Waals surface area contributed by atoms with Crippen LogP contribution in [0.4, 0.5) is 0 Å². The largest absolute Gasteiger partial charge is 0.480 e. The molecule has 0 fully saturated rings. The van der Waals surface area contributed by atoms with Crippen LogP contribution in [0.3, 0.4) is 0 Å². The van der Waals surface area contributed by atoms with Gasteiger partial charge in [-0.3, -0.25) is 4.79 Å². The second-order valence-electron chi connectivity index (χ2n) is 3.71. The molecule has 0 aliphatic carbocycles. The number of ether oxygens (including phenoxy) is 1. The molecule has 0 heterocycles. The number of sulfonamides is 1. The van der Waals surface area contributed by atoms with Crippen molar-refractivity contribution in [3.63, 3.8) is 0 Å². The Morgan fingerprint density at radius 3 is 2.25 bits per heavy atom. The molecule has 0 aliphatic rings. The molecular formula is C11H13NO7S. The van der Waals surface area contributed by atoms with Crippen molar-refractivity contribution in [3.05, 3.63) is 29.8 Å². The minimum Gasteiger partial charge on any atom is -0.480 e. The van der Waals surface area contributed by atoms with Gasteiger partial charge in [0.25, 0.3) is 0 Å². The summed E-state index contributed by atoms with van der Waals surface area (Å²) in [6, 6.07) is 3.08. The molecule has 1 aromatic rings. The Bertz CT molecular complexity index is 594. The number of aliphatic hydroxyl groups is 1. The van der Waals surface area contributed by atoms with E-state index in [4.69, 9.17) is 10.2 Å². The van der Waals surface area contributed by atoms with Gasteiger partial charge < -0.3 is 14.9 Å². The summed E-state index contributed by atoms with van der Waals surface area (Å²) in [5.74, 6) is -2.12. The number of carboxylic acids is 1. The SMILES string of the molecule is COC(=O)c1ccc(S(=O)(=O)N[C@H](CO)C(=O)O)cc1. The number of carboxylic acid groups (broad SMARTS) is 1. The highest BCUT2D eigenvalue weighted by atomic mass is 32.2. The first-order valence-electron chi connectivity index (χ1n) is 5.36. The van der Waals surface area contributed by atoms with Crippen molar-refractivity contribution in [2.24, 2.45) is 0 Å². The van der Waals surface area contributed by atoms with E-state index < -0.39 is 34.6 Å². The number of carbonyl (C=O) groups excluding carboxylic acids is 1. The Morgan fingerprint density at radius 1 is 1.30 bits per heavy atom. The highest BCUT2D eigenvalue weighted by molar-refractivity contribution is 7.89. The lowest BCUT2D eigenvalue weighted by Gasteiger charge is -2.12. The molecule has 0 unspecified atom stereocenters. The summed E-state index contributed by atoms with van der Waals surface area (Å²) in [6.07, 6.45) is 0. The average molecular weight is 303 g/mol. The molecule has 0 saturated carbocycles. The van der Waals surface area contributed by atoms with Gasteiger partial charge in [-0.15, -0.1) is 0 Å². The monoisotopic (exact) mass is 303 g/mol. The van der Waals surface area contributed by atoms with Crippen LogP contribution in [-0.2, 0) is 19.6 Å². The van der Waals surface area contributed by atoms with Crippen LogP contribution >= 0.6 is 0 Å². The lowest BCUT2D eigenvalue weighted by molar-refractivity contribution is -0.139. The van der Waals surface area contributed by atoms with Gasteiger partial charge in [-0.1, -0.05) is 0 Å². The van der Waals surface area contributed by atoms with Crippen LogP contribution in [0.5, 0.6) is 0 Å². The number of esters is 1. The maximum absolute atomic E-state index is 11.9. The third-order valence-electron chi connectivity index (χ3n) is 2.36. The smallest absolute Gasteiger partial charge is 0.337 e. The first kappa shape index (κ1) is 16.1. The third kappa shape index (κ3) is 3.76. The van der Waals surface area contributed by atoms with Gasteiger partial charge in [0.2, 0.25) is 10.0 Å². The number of nitrogens with one attached hydrogen (secondary N) is 1.